The summed E-state index contributed by atoms with van der Waals surface area (Å²) in [5, 5.41) is 7.34. The van der Waals surface area contributed by atoms with Crippen molar-refractivity contribution in [3.63, 3.8) is 0 Å². The average Bonchev–Trinajstić information content (AvgIpc) is 3.08. The van der Waals surface area contributed by atoms with E-state index in [1.807, 2.05) is 6.92 Å². The molecule has 0 atom stereocenters. The smallest absolute Gasteiger partial charge is 0.271 e. The number of H-pyrrole nitrogens is 1. The first-order chi connectivity index (χ1) is 12.5. The highest BCUT2D eigenvalue weighted by Crippen LogP contribution is 2.30. The number of nitrogens with zero attached hydrogens (tertiary/aromatic N) is 4. The van der Waals surface area contributed by atoms with Crippen molar-refractivity contribution in [2.45, 2.75) is 26.4 Å². The maximum atomic E-state index is 12.2. The Labute approximate surface area is 157 Å². The fraction of sp³-hybridized carbons (Fsp3) is 0.250. The first-order valence-corrected chi connectivity index (χ1v) is 8.52. The lowest BCUT2D eigenvalue weighted by Gasteiger charge is -2.09. The van der Waals surface area contributed by atoms with Crippen LogP contribution < -0.4 is 10.9 Å². The third kappa shape index (κ3) is 3.62. The van der Waals surface area contributed by atoms with Gasteiger partial charge in [0.2, 0.25) is 5.89 Å². The van der Waals surface area contributed by atoms with Gasteiger partial charge in [0, 0.05) is 10.6 Å². The van der Waals surface area contributed by atoms with Crippen molar-refractivity contribution in [2.24, 2.45) is 5.11 Å². The Hall–Kier alpha value is -2.67. The molecule has 0 saturated carbocycles. The first kappa shape index (κ1) is 18.1. The van der Waals surface area contributed by atoms with Crippen LogP contribution in [-0.4, -0.2) is 9.97 Å². The molecule has 0 aliphatic carbocycles. The van der Waals surface area contributed by atoms with Crippen LogP contribution in [-0.2, 0) is 19.5 Å². The van der Waals surface area contributed by atoms with Crippen LogP contribution in [0.5, 0.6) is 0 Å². The molecule has 134 valence electrons. The number of anilines is 1. The van der Waals surface area contributed by atoms with E-state index in [2.05, 4.69) is 25.3 Å². The number of rotatable bonds is 6. The van der Waals surface area contributed by atoms with Gasteiger partial charge in [0.15, 0.2) is 5.58 Å². The molecular weight excluding hydrogens is 379 g/mol. The molecular formula is C16H14Cl2N6O2. The monoisotopic (exact) mass is 392 g/mol. The number of benzene rings is 1. The van der Waals surface area contributed by atoms with Crippen molar-refractivity contribution in [1.29, 1.82) is 0 Å². The van der Waals surface area contributed by atoms with Crippen LogP contribution in [0.4, 0.5) is 5.69 Å². The number of aromatic amines is 1. The highest BCUT2D eigenvalue weighted by Gasteiger charge is 2.13. The summed E-state index contributed by atoms with van der Waals surface area (Å²) < 4.78 is 5.62. The van der Waals surface area contributed by atoms with Crippen LogP contribution in [0.25, 0.3) is 21.5 Å². The van der Waals surface area contributed by atoms with Gasteiger partial charge in [-0.15, -0.1) is 0 Å². The van der Waals surface area contributed by atoms with E-state index in [0.29, 0.717) is 44.8 Å². The molecule has 2 heterocycles. The van der Waals surface area contributed by atoms with Crippen LogP contribution in [0.1, 0.15) is 24.1 Å². The van der Waals surface area contributed by atoms with Crippen molar-refractivity contribution in [3.05, 3.63) is 66.2 Å². The Morgan fingerprint density at radius 2 is 2.15 bits per heavy atom. The largest absolute Gasteiger partial charge is 0.437 e. The molecule has 0 amide bonds. The van der Waals surface area contributed by atoms with Gasteiger partial charge < -0.3 is 14.7 Å². The van der Waals surface area contributed by atoms with E-state index in [9.17, 15) is 4.79 Å². The maximum Gasteiger partial charge on any atom is 0.271 e. The Morgan fingerprint density at radius 3 is 2.85 bits per heavy atom. The van der Waals surface area contributed by atoms with Crippen molar-refractivity contribution in [2.75, 3.05) is 5.32 Å². The lowest BCUT2D eigenvalue weighted by Crippen LogP contribution is -2.17. The Balaban J connectivity index is 1.85. The van der Waals surface area contributed by atoms with Gasteiger partial charge in [-0.05, 0) is 35.7 Å². The zero-order valence-corrected chi connectivity index (χ0v) is 15.2. The summed E-state index contributed by atoms with van der Waals surface area (Å²) in [5.41, 5.74) is 10.8. The van der Waals surface area contributed by atoms with Crippen molar-refractivity contribution >= 4 is 40.0 Å². The van der Waals surface area contributed by atoms with E-state index in [0.717, 1.165) is 5.56 Å². The molecule has 3 aromatic rings. The molecule has 10 heteroatoms. The van der Waals surface area contributed by atoms with Gasteiger partial charge in [0.25, 0.3) is 5.56 Å². The minimum Gasteiger partial charge on any atom is -0.437 e. The molecule has 0 bridgehead atoms. The van der Waals surface area contributed by atoms with Gasteiger partial charge in [-0.25, -0.2) is 4.98 Å². The van der Waals surface area contributed by atoms with E-state index >= 15 is 0 Å². The number of pyridine rings is 1. The van der Waals surface area contributed by atoms with Crippen LogP contribution in [0.15, 0.2) is 32.5 Å². The Bertz CT molecular complexity index is 1030. The summed E-state index contributed by atoms with van der Waals surface area (Å²) in [6.45, 7) is 2.22. The van der Waals surface area contributed by atoms with Crippen molar-refractivity contribution < 1.29 is 4.42 Å². The second-order valence-corrected chi connectivity index (χ2v) is 6.24. The number of halogens is 2. The van der Waals surface area contributed by atoms with Crippen LogP contribution >= 0.6 is 23.2 Å². The maximum absolute atomic E-state index is 12.2. The quantitative estimate of drug-likeness (QED) is 0.355. The van der Waals surface area contributed by atoms with Gasteiger partial charge in [-0.1, -0.05) is 35.2 Å². The zero-order valence-electron chi connectivity index (χ0n) is 13.7. The van der Waals surface area contributed by atoms with E-state index in [1.54, 1.807) is 18.2 Å². The molecule has 8 nitrogen and oxygen atoms in total. The fourth-order valence-corrected chi connectivity index (χ4v) is 2.92. The summed E-state index contributed by atoms with van der Waals surface area (Å²) in [6.07, 6.45) is 0.676. The number of azide groups is 1. The van der Waals surface area contributed by atoms with Crippen molar-refractivity contribution in [3.8, 4) is 0 Å². The van der Waals surface area contributed by atoms with Gasteiger partial charge in [0.1, 0.15) is 11.2 Å². The topological polar surface area (TPSA) is 120 Å². The highest BCUT2D eigenvalue weighted by molar-refractivity contribution is 6.39. The number of aromatic nitrogens is 2. The second kappa shape index (κ2) is 7.70. The van der Waals surface area contributed by atoms with Gasteiger partial charge in [-0.3, -0.25) is 4.79 Å². The minimum atomic E-state index is -0.322. The molecule has 3 rings (SSSR count). The molecule has 2 aromatic heterocycles. The summed E-state index contributed by atoms with van der Waals surface area (Å²) in [6, 6.07) is 5.01. The highest BCUT2D eigenvalue weighted by atomic mass is 35.5. The average molecular weight is 393 g/mol. The van der Waals surface area contributed by atoms with E-state index in [4.69, 9.17) is 33.2 Å². The summed E-state index contributed by atoms with van der Waals surface area (Å²) in [7, 11) is 0. The third-order valence-electron chi connectivity index (χ3n) is 3.81. The number of hydrogen-bond acceptors (Lipinski definition) is 5. The van der Waals surface area contributed by atoms with Gasteiger partial charge >= 0.3 is 0 Å². The summed E-state index contributed by atoms with van der Waals surface area (Å²) in [5.74, 6) is 0.352. The predicted molar refractivity (Wildman–Crippen MR) is 101 cm³/mol. The SMILES string of the molecule is CCc1cc(NCc2nc3c(Cl)ccc(Cl)c3o2)c(=O)[nH]c1CN=[N+]=[N-]. The van der Waals surface area contributed by atoms with Gasteiger partial charge in [-0.2, -0.15) is 0 Å². The van der Waals surface area contributed by atoms with Crippen LogP contribution in [0.2, 0.25) is 10.0 Å². The lowest BCUT2D eigenvalue weighted by atomic mass is 10.1. The zero-order chi connectivity index (χ0) is 18.7. The van der Waals surface area contributed by atoms with E-state index in [1.165, 1.54) is 0 Å². The molecule has 1 aromatic carbocycles. The first-order valence-electron chi connectivity index (χ1n) is 7.76. The predicted octanol–water partition coefficient (Wildman–Crippen LogP) is 4.81. The van der Waals surface area contributed by atoms with Crippen LogP contribution in [0.3, 0.4) is 0 Å². The second-order valence-electron chi connectivity index (χ2n) is 5.43. The molecule has 0 spiro atoms. The molecule has 0 unspecified atom stereocenters. The molecule has 2 N–H and O–H groups in total. The number of fused-ring (bicyclic) bond motifs is 1. The minimum absolute atomic E-state index is 0.0946. The lowest BCUT2D eigenvalue weighted by molar-refractivity contribution is 0.540. The van der Waals surface area contributed by atoms with E-state index < -0.39 is 0 Å². The van der Waals surface area contributed by atoms with Crippen LogP contribution in [0, 0.1) is 0 Å². The number of hydrogen-bond donors (Lipinski definition) is 2. The fourth-order valence-electron chi connectivity index (χ4n) is 2.54. The molecule has 0 aliphatic heterocycles. The Kier molecular flexibility index (Phi) is 5.37. The number of oxazole rings is 1. The number of nitrogens with one attached hydrogen (secondary N) is 2. The standard InChI is InChI=1S/C16H14Cl2N6O2/c1-2-8-5-11(16(25)22-12(8)6-21-24-19)20-7-13-23-14-9(17)3-4-10(18)15(14)26-13/h3-5,20H,2,6-7H2,1H3,(H,22,25). The normalized spacial score (nSPS) is 10.7. The van der Waals surface area contributed by atoms with E-state index in [-0.39, 0.29) is 18.6 Å². The van der Waals surface area contributed by atoms with Crippen molar-refractivity contribution in [1.82, 2.24) is 9.97 Å². The van der Waals surface area contributed by atoms with Gasteiger partial charge in [0.05, 0.1) is 23.1 Å². The molecule has 0 radical (unpaired) electrons. The molecule has 26 heavy (non-hydrogen) atoms. The Morgan fingerprint density at radius 1 is 1.38 bits per heavy atom. The molecule has 0 aliphatic rings. The summed E-state index contributed by atoms with van der Waals surface area (Å²) in [4.78, 5) is 22.0. The molecule has 0 fully saturated rings. The number of aryl methyl sites for hydroxylation is 1. The molecule has 0 saturated heterocycles. The summed E-state index contributed by atoms with van der Waals surface area (Å²) >= 11 is 12.2. The third-order valence-corrected chi connectivity index (χ3v) is 4.41.